The summed E-state index contributed by atoms with van der Waals surface area (Å²) in [4.78, 5) is 13.5. The van der Waals surface area contributed by atoms with E-state index in [0.717, 1.165) is 28.5 Å². The van der Waals surface area contributed by atoms with Gasteiger partial charge in [0.25, 0.3) is 10.1 Å². The molecule has 1 aliphatic rings. The molecule has 0 saturated heterocycles. The van der Waals surface area contributed by atoms with Crippen LogP contribution in [0.4, 0.5) is 4.79 Å². The summed E-state index contributed by atoms with van der Waals surface area (Å²) in [6.45, 7) is 6.03. The maximum atomic E-state index is 13.5. The van der Waals surface area contributed by atoms with Gasteiger partial charge in [0.05, 0.1) is 51.4 Å². The molecule has 11 heteroatoms. The van der Waals surface area contributed by atoms with Crippen molar-refractivity contribution in [2.75, 3.05) is 12.9 Å². The molecule has 1 aliphatic carbocycles. The molecule has 6 atom stereocenters. The van der Waals surface area contributed by atoms with Gasteiger partial charge in [-0.3, -0.25) is 4.18 Å². The SMILES string of the molecule is CC(C)(C)OC(=O)N[C@H]1[C@H](OS(C)(=O)=O)[C@H](COCc2ccccc2)[C@@H](OCc2ccccc2)[C@H](OCc2ccccc2)[C@H]1OCc1ccccc1. The van der Waals surface area contributed by atoms with Gasteiger partial charge in [-0.05, 0) is 43.0 Å². The molecular formula is C41H49NO9S. The maximum Gasteiger partial charge on any atom is 0.408 e. The van der Waals surface area contributed by atoms with Gasteiger partial charge >= 0.3 is 6.09 Å². The molecule has 278 valence electrons. The van der Waals surface area contributed by atoms with E-state index in [4.69, 9.17) is 27.9 Å². The molecule has 0 spiro atoms. The predicted molar refractivity (Wildman–Crippen MR) is 198 cm³/mol. The highest BCUT2D eigenvalue weighted by atomic mass is 32.2. The van der Waals surface area contributed by atoms with Crippen LogP contribution in [0.5, 0.6) is 0 Å². The molecule has 1 saturated carbocycles. The van der Waals surface area contributed by atoms with E-state index in [-0.39, 0.29) is 33.0 Å². The molecule has 5 rings (SSSR count). The van der Waals surface area contributed by atoms with Gasteiger partial charge in [0.2, 0.25) is 0 Å². The van der Waals surface area contributed by atoms with Gasteiger partial charge in [-0.15, -0.1) is 0 Å². The summed E-state index contributed by atoms with van der Waals surface area (Å²) >= 11 is 0. The minimum Gasteiger partial charge on any atom is -0.444 e. The van der Waals surface area contributed by atoms with Gasteiger partial charge in [-0.2, -0.15) is 8.42 Å². The molecule has 0 aliphatic heterocycles. The lowest BCUT2D eigenvalue weighted by atomic mass is 9.76. The lowest BCUT2D eigenvalue weighted by Gasteiger charge is -2.50. The Kier molecular flexibility index (Phi) is 14.0. The van der Waals surface area contributed by atoms with E-state index in [0.29, 0.717) is 0 Å². The zero-order valence-electron chi connectivity index (χ0n) is 30.1. The first kappa shape index (κ1) is 39.1. The fraction of sp³-hybridized carbons (Fsp3) is 0.390. The number of ether oxygens (including phenoxy) is 5. The standard InChI is InChI=1S/C41H49NO9S/c1-41(2,3)50-40(43)42-35-36(51-52(4,44)45)34(29-46-25-30-17-9-5-10-18-30)37(47-26-31-19-11-6-12-20-31)39(49-28-33-23-15-8-16-24-33)38(35)48-27-32-21-13-7-14-22-32/h5-24,34-39H,25-29H2,1-4H3,(H,42,43)/t34-,35-,36+,37+,38-,39-/m0/s1. The van der Waals surface area contributed by atoms with Crippen molar-refractivity contribution < 1.29 is 41.1 Å². The fourth-order valence-electron chi connectivity index (χ4n) is 6.20. The van der Waals surface area contributed by atoms with E-state index in [2.05, 4.69) is 5.32 Å². The van der Waals surface area contributed by atoms with Crippen molar-refractivity contribution in [3.8, 4) is 0 Å². The zero-order chi connectivity index (χ0) is 37.0. The van der Waals surface area contributed by atoms with Crippen molar-refractivity contribution in [1.29, 1.82) is 0 Å². The van der Waals surface area contributed by atoms with Crippen molar-refractivity contribution in [2.24, 2.45) is 5.92 Å². The van der Waals surface area contributed by atoms with Crippen molar-refractivity contribution >= 4 is 16.2 Å². The number of hydrogen-bond acceptors (Lipinski definition) is 9. The van der Waals surface area contributed by atoms with Crippen molar-refractivity contribution in [3.63, 3.8) is 0 Å². The van der Waals surface area contributed by atoms with E-state index in [1.807, 2.05) is 121 Å². The number of alkyl carbamates (subject to hydrolysis) is 1. The lowest BCUT2D eigenvalue weighted by molar-refractivity contribution is -0.225. The molecule has 0 radical (unpaired) electrons. The van der Waals surface area contributed by atoms with Crippen molar-refractivity contribution in [2.45, 2.75) is 83.3 Å². The van der Waals surface area contributed by atoms with E-state index in [9.17, 15) is 13.2 Å². The number of benzene rings is 4. The molecule has 0 aromatic heterocycles. The van der Waals surface area contributed by atoms with Crippen molar-refractivity contribution in [1.82, 2.24) is 5.32 Å². The second kappa shape index (κ2) is 18.6. The Morgan fingerprint density at radius 2 is 1.00 bits per heavy atom. The van der Waals surface area contributed by atoms with Crippen LogP contribution in [0, 0.1) is 5.92 Å². The Labute approximate surface area is 307 Å². The third kappa shape index (κ3) is 12.3. The summed E-state index contributed by atoms with van der Waals surface area (Å²) in [5, 5.41) is 2.93. The second-order valence-corrected chi connectivity index (χ2v) is 15.5. The summed E-state index contributed by atoms with van der Waals surface area (Å²) in [5.41, 5.74) is 2.79. The molecule has 4 aromatic carbocycles. The first-order chi connectivity index (χ1) is 24.9. The van der Waals surface area contributed by atoms with Gasteiger partial charge in [-0.25, -0.2) is 4.79 Å². The van der Waals surface area contributed by atoms with Crippen LogP contribution in [0.25, 0.3) is 0 Å². The second-order valence-electron chi connectivity index (χ2n) is 13.9. The number of carbonyl (C=O) groups is 1. The Hall–Kier alpha value is -4.10. The van der Waals surface area contributed by atoms with Crippen LogP contribution < -0.4 is 5.32 Å². The average Bonchev–Trinajstić information content (AvgIpc) is 3.11. The molecule has 52 heavy (non-hydrogen) atoms. The molecule has 10 nitrogen and oxygen atoms in total. The number of carbonyl (C=O) groups excluding carboxylic acids is 1. The predicted octanol–water partition coefficient (Wildman–Crippen LogP) is 6.83. The highest BCUT2D eigenvalue weighted by Crippen LogP contribution is 2.37. The molecule has 1 fully saturated rings. The topological polar surface area (TPSA) is 119 Å². The van der Waals surface area contributed by atoms with E-state index >= 15 is 0 Å². The highest BCUT2D eigenvalue weighted by Gasteiger charge is 2.55. The summed E-state index contributed by atoms with van der Waals surface area (Å²) in [5.74, 6) is -0.764. The Bertz CT molecular complexity index is 1750. The number of amides is 1. The monoisotopic (exact) mass is 731 g/mol. The summed E-state index contributed by atoms with van der Waals surface area (Å²) < 4.78 is 64.2. The summed E-state index contributed by atoms with van der Waals surface area (Å²) in [6, 6.07) is 37.5. The third-order valence-corrected chi connectivity index (χ3v) is 9.02. The Balaban J connectivity index is 1.59. The van der Waals surface area contributed by atoms with Crippen molar-refractivity contribution in [3.05, 3.63) is 144 Å². The minimum absolute atomic E-state index is 0.0115. The van der Waals surface area contributed by atoms with Gasteiger partial charge in [0, 0.05) is 5.92 Å². The van der Waals surface area contributed by atoms with Crippen LogP contribution in [-0.4, -0.2) is 63.4 Å². The van der Waals surface area contributed by atoms with Crippen LogP contribution in [0.1, 0.15) is 43.0 Å². The smallest absolute Gasteiger partial charge is 0.408 e. The van der Waals surface area contributed by atoms with Gasteiger partial charge < -0.3 is 29.0 Å². The van der Waals surface area contributed by atoms with Crippen LogP contribution >= 0.6 is 0 Å². The molecule has 1 N–H and O–H groups in total. The zero-order valence-corrected chi connectivity index (χ0v) is 30.9. The average molecular weight is 732 g/mol. The first-order valence-electron chi connectivity index (χ1n) is 17.4. The summed E-state index contributed by atoms with van der Waals surface area (Å²) in [7, 11) is -4.09. The molecular weight excluding hydrogens is 683 g/mol. The van der Waals surface area contributed by atoms with Crippen LogP contribution in [-0.2, 0) is 64.4 Å². The Morgan fingerprint density at radius 1 is 0.596 bits per heavy atom. The lowest BCUT2D eigenvalue weighted by Crippen LogP contribution is -2.69. The third-order valence-electron chi connectivity index (χ3n) is 8.45. The van der Waals surface area contributed by atoms with Crippen LogP contribution in [0.15, 0.2) is 121 Å². The molecule has 0 bridgehead atoms. The molecule has 4 aromatic rings. The van der Waals surface area contributed by atoms with Crippen LogP contribution in [0.3, 0.4) is 0 Å². The minimum atomic E-state index is -4.09. The molecule has 0 unspecified atom stereocenters. The number of rotatable bonds is 16. The normalized spacial score (nSPS) is 22.1. The largest absolute Gasteiger partial charge is 0.444 e. The molecule has 0 heterocycles. The van der Waals surface area contributed by atoms with Gasteiger partial charge in [-0.1, -0.05) is 121 Å². The van der Waals surface area contributed by atoms with E-state index in [1.54, 1.807) is 20.8 Å². The van der Waals surface area contributed by atoms with Gasteiger partial charge in [0.15, 0.2) is 0 Å². The summed E-state index contributed by atoms with van der Waals surface area (Å²) in [6.07, 6.45) is -3.59. The van der Waals surface area contributed by atoms with E-state index < -0.39 is 58.2 Å². The number of hydrogen-bond donors (Lipinski definition) is 1. The van der Waals surface area contributed by atoms with Gasteiger partial charge in [0.1, 0.15) is 23.9 Å². The number of nitrogens with one attached hydrogen (secondary N) is 1. The first-order valence-corrected chi connectivity index (χ1v) is 19.2. The highest BCUT2D eigenvalue weighted by molar-refractivity contribution is 7.86. The fourth-order valence-corrected chi connectivity index (χ4v) is 6.87. The maximum absolute atomic E-state index is 13.5. The van der Waals surface area contributed by atoms with E-state index in [1.165, 1.54) is 0 Å². The molecule has 1 amide bonds. The quantitative estimate of drug-likeness (QED) is 0.124. The van der Waals surface area contributed by atoms with Crippen LogP contribution in [0.2, 0.25) is 0 Å². The Morgan fingerprint density at radius 3 is 1.42 bits per heavy atom.